The largest absolute Gasteiger partial charge is 0.353 e. The summed E-state index contributed by atoms with van der Waals surface area (Å²) in [5.74, 6) is 0.911. The highest BCUT2D eigenvalue weighted by atomic mass is 32.1. The van der Waals surface area contributed by atoms with Crippen molar-refractivity contribution in [1.82, 2.24) is 15.3 Å². The second kappa shape index (κ2) is 3.71. The van der Waals surface area contributed by atoms with Gasteiger partial charge in [0.2, 0.25) is 5.91 Å². The van der Waals surface area contributed by atoms with Crippen LogP contribution in [0.2, 0.25) is 0 Å². The van der Waals surface area contributed by atoms with Gasteiger partial charge in [-0.25, -0.2) is 9.97 Å². The topological polar surface area (TPSA) is 58.1 Å². The molecule has 5 nitrogen and oxygen atoms in total. The molecule has 1 aliphatic rings. The van der Waals surface area contributed by atoms with Crippen LogP contribution >= 0.6 is 11.3 Å². The summed E-state index contributed by atoms with van der Waals surface area (Å²) in [4.78, 5) is 22.8. The third-order valence-corrected chi connectivity index (χ3v) is 3.40. The van der Waals surface area contributed by atoms with Gasteiger partial charge in [-0.05, 0) is 11.4 Å². The number of aromatic nitrogens is 2. The van der Waals surface area contributed by atoms with E-state index >= 15 is 0 Å². The molecule has 1 saturated heterocycles. The number of fused-ring (bicyclic) bond motifs is 1. The van der Waals surface area contributed by atoms with Gasteiger partial charge in [-0.1, -0.05) is 0 Å². The fourth-order valence-electron chi connectivity index (χ4n) is 1.85. The van der Waals surface area contributed by atoms with Crippen molar-refractivity contribution in [3.63, 3.8) is 0 Å². The first-order valence-electron chi connectivity index (χ1n) is 5.04. The molecule has 16 heavy (non-hydrogen) atoms. The van der Waals surface area contributed by atoms with Crippen molar-refractivity contribution in [1.29, 1.82) is 0 Å². The van der Waals surface area contributed by atoms with E-state index in [4.69, 9.17) is 0 Å². The lowest BCUT2D eigenvalue weighted by molar-refractivity contribution is -0.120. The summed E-state index contributed by atoms with van der Waals surface area (Å²) in [5, 5.41) is 5.82. The smallest absolute Gasteiger partial charge is 0.239 e. The standard InChI is InChI=1S/C10H10N4OS/c15-8-5-14(3-2-11-8)9-7-1-4-16-10(7)13-6-12-9/h1,4,6H,2-3,5H2,(H,11,15). The number of anilines is 1. The molecule has 1 aliphatic heterocycles. The quantitative estimate of drug-likeness (QED) is 0.786. The molecule has 0 aliphatic carbocycles. The van der Waals surface area contributed by atoms with E-state index in [9.17, 15) is 4.79 Å². The average Bonchev–Trinajstić information content (AvgIpc) is 2.76. The predicted octanol–water partition coefficient (Wildman–Crippen LogP) is 0.627. The average molecular weight is 234 g/mol. The molecule has 0 atom stereocenters. The maximum absolute atomic E-state index is 11.3. The van der Waals surface area contributed by atoms with Crippen LogP contribution in [0.5, 0.6) is 0 Å². The fraction of sp³-hybridized carbons (Fsp3) is 0.300. The number of carbonyl (C=O) groups excluding carboxylic acids is 1. The van der Waals surface area contributed by atoms with Gasteiger partial charge in [0.15, 0.2) is 0 Å². The van der Waals surface area contributed by atoms with Crippen molar-refractivity contribution in [2.45, 2.75) is 0 Å². The molecule has 0 radical (unpaired) electrons. The van der Waals surface area contributed by atoms with Crippen molar-refractivity contribution in [2.75, 3.05) is 24.5 Å². The van der Waals surface area contributed by atoms with Crippen LogP contribution < -0.4 is 10.2 Å². The molecule has 0 bridgehead atoms. The molecule has 1 N–H and O–H groups in total. The molecular formula is C10H10N4OS. The third-order valence-electron chi connectivity index (χ3n) is 2.58. The Kier molecular flexibility index (Phi) is 2.21. The van der Waals surface area contributed by atoms with Crippen LogP contribution in [-0.4, -0.2) is 35.5 Å². The van der Waals surface area contributed by atoms with Gasteiger partial charge in [0.25, 0.3) is 0 Å². The van der Waals surface area contributed by atoms with E-state index in [0.717, 1.165) is 22.6 Å². The number of hydrogen-bond acceptors (Lipinski definition) is 5. The van der Waals surface area contributed by atoms with E-state index in [-0.39, 0.29) is 5.91 Å². The molecule has 1 amide bonds. The number of piperazine rings is 1. The number of nitrogens with zero attached hydrogens (tertiary/aromatic N) is 3. The first-order valence-corrected chi connectivity index (χ1v) is 5.92. The molecule has 2 aromatic rings. The summed E-state index contributed by atoms with van der Waals surface area (Å²) in [6.07, 6.45) is 1.56. The minimum Gasteiger partial charge on any atom is -0.353 e. The Morgan fingerprint density at radius 1 is 1.44 bits per heavy atom. The third kappa shape index (κ3) is 1.51. The van der Waals surface area contributed by atoms with Crippen molar-refractivity contribution in [3.05, 3.63) is 17.8 Å². The molecule has 6 heteroatoms. The Morgan fingerprint density at radius 3 is 3.25 bits per heavy atom. The normalized spacial score (nSPS) is 16.5. The predicted molar refractivity (Wildman–Crippen MR) is 62.6 cm³/mol. The van der Waals surface area contributed by atoms with Crippen molar-refractivity contribution < 1.29 is 4.79 Å². The van der Waals surface area contributed by atoms with Crippen LogP contribution in [0.15, 0.2) is 17.8 Å². The van der Waals surface area contributed by atoms with Crippen LogP contribution in [-0.2, 0) is 4.79 Å². The number of amides is 1. The Labute approximate surface area is 96.1 Å². The van der Waals surface area contributed by atoms with E-state index in [1.54, 1.807) is 17.7 Å². The van der Waals surface area contributed by atoms with Gasteiger partial charge in [0.1, 0.15) is 17.0 Å². The van der Waals surface area contributed by atoms with E-state index in [1.807, 2.05) is 16.3 Å². The van der Waals surface area contributed by atoms with Crippen molar-refractivity contribution in [3.8, 4) is 0 Å². The summed E-state index contributed by atoms with van der Waals surface area (Å²) in [5.41, 5.74) is 0. The van der Waals surface area contributed by atoms with Gasteiger partial charge >= 0.3 is 0 Å². The van der Waals surface area contributed by atoms with Crippen LogP contribution in [0.3, 0.4) is 0 Å². The Hall–Kier alpha value is -1.69. The van der Waals surface area contributed by atoms with E-state index in [2.05, 4.69) is 15.3 Å². The molecule has 0 saturated carbocycles. The van der Waals surface area contributed by atoms with Gasteiger partial charge in [0.05, 0.1) is 11.9 Å². The van der Waals surface area contributed by atoms with E-state index < -0.39 is 0 Å². The van der Waals surface area contributed by atoms with Crippen LogP contribution in [0.4, 0.5) is 5.82 Å². The molecular weight excluding hydrogens is 224 g/mol. The van der Waals surface area contributed by atoms with E-state index in [0.29, 0.717) is 13.1 Å². The summed E-state index contributed by atoms with van der Waals surface area (Å²) in [6.45, 7) is 1.85. The van der Waals surface area contributed by atoms with Gasteiger partial charge in [0, 0.05) is 13.1 Å². The number of rotatable bonds is 1. The maximum Gasteiger partial charge on any atom is 0.239 e. The Morgan fingerprint density at radius 2 is 2.38 bits per heavy atom. The number of hydrogen-bond donors (Lipinski definition) is 1. The molecule has 82 valence electrons. The Balaban J connectivity index is 2.04. The van der Waals surface area contributed by atoms with Crippen LogP contribution in [0, 0.1) is 0 Å². The molecule has 0 unspecified atom stereocenters. The lowest BCUT2D eigenvalue weighted by Crippen LogP contribution is -2.48. The van der Waals surface area contributed by atoms with Crippen molar-refractivity contribution >= 4 is 33.3 Å². The van der Waals surface area contributed by atoms with Gasteiger partial charge in [-0.15, -0.1) is 11.3 Å². The maximum atomic E-state index is 11.3. The van der Waals surface area contributed by atoms with Crippen LogP contribution in [0.25, 0.3) is 10.2 Å². The monoisotopic (exact) mass is 234 g/mol. The molecule has 3 heterocycles. The number of nitrogens with one attached hydrogen (secondary N) is 1. The minimum absolute atomic E-state index is 0.0493. The van der Waals surface area contributed by atoms with Gasteiger partial charge in [-0.3, -0.25) is 4.79 Å². The van der Waals surface area contributed by atoms with Gasteiger partial charge < -0.3 is 10.2 Å². The fourth-order valence-corrected chi connectivity index (χ4v) is 2.58. The van der Waals surface area contributed by atoms with Crippen molar-refractivity contribution in [2.24, 2.45) is 0 Å². The molecule has 0 aromatic carbocycles. The lowest BCUT2D eigenvalue weighted by atomic mass is 10.3. The summed E-state index contributed by atoms with van der Waals surface area (Å²) >= 11 is 1.59. The first-order chi connectivity index (χ1) is 7.84. The van der Waals surface area contributed by atoms with Crippen LogP contribution in [0.1, 0.15) is 0 Å². The molecule has 3 rings (SSSR count). The zero-order valence-corrected chi connectivity index (χ0v) is 9.33. The highest BCUT2D eigenvalue weighted by Crippen LogP contribution is 2.26. The second-order valence-corrected chi connectivity index (χ2v) is 4.50. The SMILES string of the molecule is O=C1CN(c2ncnc3sccc23)CCN1. The minimum atomic E-state index is 0.0493. The van der Waals surface area contributed by atoms with E-state index in [1.165, 1.54) is 0 Å². The summed E-state index contributed by atoms with van der Waals surface area (Å²) in [6, 6.07) is 2.00. The number of carbonyl (C=O) groups is 1. The summed E-state index contributed by atoms with van der Waals surface area (Å²) in [7, 11) is 0. The second-order valence-electron chi connectivity index (χ2n) is 3.61. The molecule has 0 spiro atoms. The molecule has 2 aromatic heterocycles. The zero-order chi connectivity index (χ0) is 11.0. The Bertz CT molecular complexity index is 538. The highest BCUT2D eigenvalue weighted by Gasteiger charge is 2.19. The summed E-state index contributed by atoms with van der Waals surface area (Å²) < 4.78 is 0. The molecule has 1 fully saturated rings. The lowest BCUT2D eigenvalue weighted by Gasteiger charge is -2.27. The van der Waals surface area contributed by atoms with Gasteiger partial charge in [-0.2, -0.15) is 0 Å². The highest BCUT2D eigenvalue weighted by molar-refractivity contribution is 7.16. The number of thiophene rings is 1. The first kappa shape index (κ1) is 9.53. The zero-order valence-electron chi connectivity index (χ0n) is 8.51.